The number of rotatable bonds is 6. The molecular formula is C12H16O5S. The predicted molar refractivity (Wildman–Crippen MR) is 65.8 cm³/mol. The van der Waals surface area contributed by atoms with E-state index in [1.165, 1.54) is 12.1 Å². The Morgan fingerprint density at radius 1 is 1.33 bits per heavy atom. The van der Waals surface area contributed by atoms with E-state index in [9.17, 15) is 18.3 Å². The molecule has 0 heterocycles. The van der Waals surface area contributed by atoms with E-state index in [-0.39, 0.29) is 17.9 Å². The van der Waals surface area contributed by atoms with Crippen LogP contribution in [0.1, 0.15) is 13.3 Å². The summed E-state index contributed by atoms with van der Waals surface area (Å²) in [6, 6.07) is 7.81. The quantitative estimate of drug-likeness (QED) is 0.774. The molecule has 1 N–H and O–H groups in total. The van der Waals surface area contributed by atoms with E-state index < -0.39 is 27.7 Å². The fraction of sp³-hybridized carbons (Fsp3) is 0.417. The monoisotopic (exact) mass is 272 g/mol. The second kappa shape index (κ2) is 6.51. The summed E-state index contributed by atoms with van der Waals surface area (Å²) in [5, 5.41) is 9.56. The first-order chi connectivity index (χ1) is 8.45. The highest BCUT2D eigenvalue weighted by Gasteiger charge is 2.21. The van der Waals surface area contributed by atoms with Crippen LogP contribution >= 0.6 is 0 Å². The number of esters is 1. The van der Waals surface area contributed by atoms with Gasteiger partial charge in [0.2, 0.25) is 0 Å². The van der Waals surface area contributed by atoms with Crippen molar-refractivity contribution in [2.75, 3.05) is 12.4 Å². The van der Waals surface area contributed by atoms with Gasteiger partial charge in [-0.25, -0.2) is 8.42 Å². The number of hydrogen-bond donors (Lipinski definition) is 1. The zero-order chi connectivity index (χ0) is 13.6. The molecular weight excluding hydrogens is 256 g/mol. The number of carbonyl (C=O) groups is 1. The maximum Gasteiger partial charge on any atom is 0.308 e. The van der Waals surface area contributed by atoms with Gasteiger partial charge in [-0.1, -0.05) is 18.2 Å². The molecule has 0 bridgehead atoms. The Bertz CT molecular complexity index is 480. The number of aliphatic hydroxyl groups excluding tert-OH is 1. The van der Waals surface area contributed by atoms with Crippen LogP contribution in [0.15, 0.2) is 35.2 Å². The van der Waals surface area contributed by atoms with Crippen LogP contribution in [0.3, 0.4) is 0 Å². The van der Waals surface area contributed by atoms with Gasteiger partial charge in [-0.15, -0.1) is 0 Å². The topological polar surface area (TPSA) is 80.7 Å². The van der Waals surface area contributed by atoms with Gasteiger partial charge in [-0.2, -0.15) is 0 Å². The summed E-state index contributed by atoms with van der Waals surface area (Å²) in [5.41, 5.74) is 0. The van der Waals surface area contributed by atoms with Crippen LogP contribution in [0, 0.1) is 0 Å². The third-order valence-corrected chi connectivity index (χ3v) is 4.04. The van der Waals surface area contributed by atoms with Crippen molar-refractivity contribution in [2.45, 2.75) is 24.3 Å². The standard InChI is InChI=1S/C12H16O5S/c1-2-17-12(14)8-10(13)9-18(15,16)11-6-4-3-5-7-11/h3-7,10,13H,2,8-9H2,1H3. The van der Waals surface area contributed by atoms with Crippen LogP contribution in [0.2, 0.25) is 0 Å². The predicted octanol–water partition coefficient (Wildman–Crippen LogP) is 0.774. The molecule has 1 aromatic carbocycles. The second-order valence-electron chi connectivity index (χ2n) is 3.76. The molecule has 0 fully saturated rings. The fourth-order valence-corrected chi connectivity index (χ4v) is 2.84. The lowest BCUT2D eigenvalue weighted by Crippen LogP contribution is -2.24. The molecule has 100 valence electrons. The van der Waals surface area contributed by atoms with Crippen molar-refractivity contribution in [3.05, 3.63) is 30.3 Å². The van der Waals surface area contributed by atoms with E-state index in [4.69, 9.17) is 0 Å². The molecule has 0 saturated carbocycles. The molecule has 0 amide bonds. The maximum absolute atomic E-state index is 11.9. The molecule has 5 nitrogen and oxygen atoms in total. The molecule has 1 aromatic rings. The second-order valence-corrected chi connectivity index (χ2v) is 5.79. The minimum atomic E-state index is -3.58. The summed E-state index contributed by atoms with van der Waals surface area (Å²) >= 11 is 0. The minimum Gasteiger partial charge on any atom is -0.466 e. The van der Waals surface area contributed by atoms with Gasteiger partial charge in [0.25, 0.3) is 0 Å². The van der Waals surface area contributed by atoms with Crippen molar-refractivity contribution in [1.29, 1.82) is 0 Å². The van der Waals surface area contributed by atoms with Gasteiger partial charge < -0.3 is 9.84 Å². The van der Waals surface area contributed by atoms with Crippen LogP contribution in [0.5, 0.6) is 0 Å². The SMILES string of the molecule is CCOC(=O)CC(O)CS(=O)(=O)c1ccccc1. The maximum atomic E-state index is 11.9. The number of benzene rings is 1. The Kier molecular flexibility index (Phi) is 5.30. The highest BCUT2D eigenvalue weighted by Crippen LogP contribution is 2.12. The van der Waals surface area contributed by atoms with E-state index in [0.29, 0.717) is 0 Å². The lowest BCUT2D eigenvalue weighted by Gasteiger charge is -2.10. The van der Waals surface area contributed by atoms with Crippen LogP contribution in [0.4, 0.5) is 0 Å². The molecule has 0 aliphatic heterocycles. The van der Waals surface area contributed by atoms with E-state index in [1.807, 2.05) is 0 Å². The zero-order valence-corrected chi connectivity index (χ0v) is 10.9. The van der Waals surface area contributed by atoms with Gasteiger partial charge >= 0.3 is 5.97 Å². The third-order valence-electron chi connectivity index (χ3n) is 2.22. The third kappa shape index (κ3) is 4.46. The Morgan fingerprint density at radius 3 is 2.50 bits per heavy atom. The molecule has 1 atom stereocenters. The average Bonchev–Trinajstić information content (AvgIpc) is 2.29. The summed E-state index contributed by atoms with van der Waals surface area (Å²) in [7, 11) is -3.58. The van der Waals surface area contributed by atoms with E-state index in [0.717, 1.165) is 0 Å². The molecule has 18 heavy (non-hydrogen) atoms. The van der Waals surface area contributed by atoms with Crippen molar-refractivity contribution in [3.63, 3.8) is 0 Å². The zero-order valence-electron chi connectivity index (χ0n) is 10.1. The normalized spacial score (nSPS) is 13.0. The van der Waals surface area contributed by atoms with E-state index >= 15 is 0 Å². The molecule has 6 heteroatoms. The number of sulfone groups is 1. The Morgan fingerprint density at radius 2 is 1.94 bits per heavy atom. The fourth-order valence-electron chi connectivity index (χ4n) is 1.45. The smallest absolute Gasteiger partial charge is 0.308 e. The molecule has 1 rings (SSSR count). The van der Waals surface area contributed by atoms with Gasteiger partial charge in [-0.3, -0.25) is 4.79 Å². The highest BCUT2D eigenvalue weighted by atomic mass is 32.2. The van der Waals surface area contributed by atoms with E-state index in [2.05, 4.69) is 4.74 Å². The summed E-state index contributed by atoms with van der Waals surface area (Å²) < 4.78 is 28.4. The number of aliphatic hydroxyl groups is 1. The first kappa shape index (κ1) is 14.7. The molecule has 0 spiro atoms. The number of ether oxygens (including phenoxy) is 1. The lowest BCUT2D eigenvalue weighted by atomic mass is 10.3. The van der Waals surface area contributed by atoms with Gasteiger partial charge in [0, 0.05) is 0 Å². The summed E-state index contributed by atoms with van der Waals surface area (Å²) in [5.74, 6) is -1.09. The Balaban J connectivity index is 2.64. The van der Waals surface area contributed by atoms with Crippen molar-refractivity contribution >= 4 is 15.8 Å². The molecule has 0 aliphatic rings. The lowest BCUT2D eigenvalue weighted by molar-refractivity contribution is -0.144. The average molecular weight is 272 g/mol. The largest absolute Gasteiger partial charge is 0.466 e. The van der Waals surface area contributed by atoms with Crippen LogP contribution < -0.4 is 0 Å². The van der Waals surface area contributed by atoms with Crippen molar-refractivity contribution < 1.29 is 23.1 Å². The molecule has 0 aromatic heterocycles. The number of hydrogen-bond acceptors (Lipinski definition) is 5. The van der Waals surface area contributed by atoms with Gasteiger partial charge in [0.05, 0.1) is 29.8 Å². The van der Waals surface area contributed by atoms with E-state index in [1.54, 1.807) is 25.1 Å². The molecule has 0 saturated heterocycles. The Labute approximate surface area is 106 Å². The van der Waals surface area contributed by atoms with Crippen LogP contribution in [-0.2, 0) is 19.4 Å². The summed E-state index contributed by atoms with van der Waals surface area (Å²) in [6.45, 7) is 1.85. The minimum absolute atomic E-state index is 0.132. The van der Waals surface area contributed by atoms with Crippen molar-refractivity contribution in [1.82, 2.24) is 0 Å². The van der Waals surface area contributed by atoms with Crippen LogP contribution in [0.25, 0.3) is 0 Å². The van der Waals surface area contributed by atoms with Crippen molar-refractivity contribution in [2.24, 2.45) is 0 Å². The first-order valence-corrected chi connectivity index (χ1v) is 7.22. The first-order valence-electron chi connectivity index (χ1n) is 5.57. The highest BCUT2D eigenvalue weighted by molar-refractivity contribution is 7.91. The molecule has 1 unspecified atom stereocenters. The molecule has 0 aliphatic carbocycles. The van der Waals surface area contributed by atoms with Gasteiger partial charge in [0.1, 0.15) is 0 Å². The summed E-state index contributed by atoms with van der Waals surface area (Å²) in [6.07, 6.45) is -1.57. The van der Waals surface area contributed by atoms with Gasteiger partial charge in [0.15, 0.2) is 9.84 Å². The Hall–Kier alpha value is -1.40. The van der Waals surface area contributed by atoms with Gasteiger partial charge in [-0.05, 0) is 19.1 Å². The number of carbonyl (C=O) groups excluding carboxylic acids is 1. The van der Waals surface area contributed by atoms with Crippen molar-refractivity contribution in [3.8, 4) is 0 Å². The van der Waals surface area contributed by atoms with Crippen LogP contribution in [-0.4, -0.2) is 38.0 Å². The summed E-state index contributed by atoms with van der Waals surface area (Å²) in [4.78, 5) is 11.2. The molecule has 0 radical (unpaired) electrons.